The number of nitrogens with one attached hydrogen (secondary N) is 1. The average molecular weight is 309 g/mol. The zero-order valence-corrected chi connectivity index (χ0v) is 14.3. The monoisotopic (exact) mass is 309 g/mol. The molecule has 0 saturated heterocycles. The molecule has 1 aromatic rings. The van der Waals surface area contributed by atoms with Gasteiger partial charge in [-0.3, -0.25) is 4.79 Å². The van der Waals surface area contributed by atoms with Crippen LogP contribution in [-0.4, -0.2) is 29.2 Å². The highest BCUT2D eigenvalue weighted by atomic mass is 31.1. The van der Waals surface area contributed by atoms with Crippen LogP contribution in [0.3, 0.4) is 0 Å². The molecule has 0 aromatic heterocycles. The quantitative estimate of drug-likeness (QED) is 0.685. The second-order valence-corrected chi connectivity index (χ2v) is 7.59. The summed E-state index contributed by atoms with van der Waals surface area (Å²) in [5.41, 5.74) is 1.24. The van der Waals surface area contributed by atoms with E-state index in [1.807, 2.05) is 25.1 Å². The van der Waals surface area contributed by atoms with Gasteiger partial charge in [-0.05, 0) is 31.0 Å². The second kappa shape index (κ2) is 9.92. The van der Waals surface area contributed by atoms with E-state index in [4.69, 9.17) is 0 Å². The molecule has 0 spiro atoms. The summed E-state index contributed by atoms with van der Waals surface area (Å²) in [6, 6.07) is 10.4. The van der Waals surface area contributed by atoms with E-state index in [2.05, 4.69) is 31.3 Å². The van der Waals surface area contributed by atoms with Crippen LogP contribution in [0.4, 0.5) is 0 Å². The molecule has 0 aliphatic carbocycles. The van der Waals surface area contributed by atoms with Crippen molar-refractivity contribution in [3.63, 3.8) is 0 Å². The molecular formula is C17H28NO2P. The van der Waals surface area contributed by atoms with Crippen LogP contribution in [0, 0.1) is 5.92 Å². The van der Waals surface area contributed by atoms with E-state index in [-0.39, 0.29) is 11.9 Å². The summed E-state index contributed by atoms with van der Waals surface area (Å²) >= 11 is 0. The largest absolute Gasteiger partial charge is 0.374 e. The molecule has 0 aliphatic heterocycles. The molecule has 1 rings (SSSR count). The Balaban J connectivity index is 2.20. The predicted octanol–water partition coefficient (Wildman–Crippen LogP) is 3.56. The maximum absolute atomic E-state index is 11.8. The highest BCUT2D eigenvalue weighted by molar-refractivity contribution is 7.51. The Hall–Kier alpha value is -0.920. The highest BCUT2D eigenvalue weighted by Gasteiger charge is 2.14. The first-order chi connectivity index (χ1) is 10.0. The molecule has 3 atom stereocenters. The molecule has 21 heavy (non-hydrogen) atoms. The van der Waals surface area contributed by atoms with Crippen LogP contribution >= 0.6 is 8.15 Å². The van der Waals surface area contributed by atoms with Gasteiger partial charge in [-0.15, -0.1) is 0 Å². The smallest absolute Gasteiger partial charge is 0.220 e. The maximum atomic E-state index is 11.8. The first-order valence-corrected chi connectivity index (χ1v) is 9.46. The van der Waals surface area contributed by atoms with E-state index >= 15 is 0 Å². The molecule has 0 bridgehead atoms. The van der Waals surface area contributed by atoms with Crippen molar-refractivity contribution in [1.29, 1.82) is 0 Å². The second-order valence-electron chi connectivity index (χ2n) is 5.68. The lowest BCUT2D eigenvalue weighted by Gasteiger charge is -2.20. The topological polar surface area (TPSA) is 49.3 Å². The van der Waals surface area contributed by atoms with E-state index in [1.165, 1.54) is 5.56 Å². The Morgan fingerprint density at radius 2 is 1.90 bits per heavy atom. The summed E-state index contributed by atoms with van der Waals surface area (Å²) in [6.07, 6.45) is 3.74. The molecule has 1 amide bonds. The third kappa shape index (κ3) is 7.59. The minimum absolute atomic E-state index is 0.0593. The molecule has 3 nitrogen and oxygen atoms in total. The molecule has 1 aromatic carbocycles. The summed E-state index contributed by atoms with van der Waals surface area (Å²) in [6.45, 7) is 6.32. The van der Waals surface area contributed by atoms with E-state index < -0.39 is 8.15 Å². The zero-order chi connectivity index (χ0) is 15.7. The molecule has 0 radical (unpaired) electrons. The summed E-state index contributed by atoms with van der Waals surface area (Å²) < 4.78 is 0. The van der Waals surface area contributed by atoms with Gasteiger partial charge in [0.2, 0.25) is 5.91 Å². The fraction of sp³-hybridized carbons (Fsp3) is 0.588. The number of carbonyl (C=O) groups excluding carboxylic acids is 1. The van der Waals surface area contributed by atoms with Crippen molar-refractivity contribution < 1.29 is 9.69 Å². The Bertz CT molecular complexity index is 411. The van der Waals surface area contributed by atoms with E-state index in [1.54, 1.807) is 0 Å². The minimum atomic E-state index is -1.04. The number of hydrogen-bond donors (Lipinski definition) is 2. The van der Waals surface area contributed by atoms with Crippen molar-refractivity contribution in [3.05, 3.63) is 35.9 Å². The average Bonchev–Trinajstić information content (AvgIpc) is 2.51. The number of hydrogen-bond acceptors (Lipinski definition) is 2. The number of rotatable bonds is 9. The molecular weight excluding hydrogens is 281 g/mol. The van der Waals surface area contributed by atoms with Crippen molar-refractivity contribution in [3.8, 4) is 0 Å². The first-order valence-electron chi connectivity index (χ1n) is 7.80. The first kappa shape index (κ1) is 18.1. The summed E-state index contributed by atoms with van der Waals surface area (Å²) in [4.78, 5) is 21.9. The van der Waals surface area contributed by atoms with Crippen molar-refractivity contribution in [2.45, 2.75) is 46.1 Å². The standard InChI is InChI=1S/C17H28NO2P/c1-4-14(2)15(3)18-17(19)11-13-21(20)12-10-16-8-6-5-7-9-16/h5-9,14-15,20H,4,10-13H2,1-3H3,(H,18,19). The third-order valence-corrected chi connectivity index (χ3v) is 5.46. The van der Waals surface area contributed by atoms with Crippen LogP contribution in [0.2, 0.25) is 0 Å². The molecule has 0 aliphatic rings. The molecule has 0 heterocycles. The molecule has 3 unspecified atom stereocenters. The van der Waals surface area contributed by atoms with Crippen molar-refractivity contribution in [1.82, 2.24) is 5.32 Å². The van der Waals surface area contributed by atoms with Gasteiger partial charge in [0.1, 0.15) is 0 Å². The van der Waals surface area contributed by atoms with Gasteiger partial charge in [0, 0.05) is 26.8 Å². The summed E-state index contributed by atoms with van der Waals surface area (Å²) in [5.74, 6) is 0.548. The maximum Gasteiger partial charge on any atom is 0.220 e. The van der Waals surface area contributed by atoms with E-state index in [0.717, 1.165) is 19.0 Å². The van der Waals surface area contributed by atoms with Gasteiger partial charge in [-0.25, -0.2) is 0 Å². The van der Waals surface area contributed by atoms with Crippen LogP contribution in [-0.2, 0) is 11.2 Å². The fourth-order valence-electron chi connectivity index (χ4n) is 2.07. The van der Waals surface area contributed by atoms with Crippen LogP contribution in [0.15, 0.2) is 30.3 Å². The van der Waals surface area contributed by atoms with Gasteiger partial charge in [0.15, 0.2) is 0 Å². The van der Waals surface area contributed by atoms with E-state index in [0.29, 0.717) is 18.5 Å². The zero-order valence-electron chi connectivity index (χ0n) is 13.4. The summed E-state index contributed by atoms with van der Waals surface area (Å²) in [5, 5.41) is 3.02. The van der Waals surface area contributed by atoms with Gasteiger partial charge in [-0.1, -0.05) is 50.6 Å². The van der Waals surface area contributed by atoms with Gasteiger partial charge in [0.25, 0.3) is 0 Å². The molecule has 118 valence electrons. The van der Waals surface area contributed by atoms with Gasteiger partial charge >= 0.3 is 0 Å². The van der Waals surface area contributed by atoms with Crippen LogP contribution < -0.4 is 5.32 Å². The predicted molar refractivity (Wildman–Crippen MR) is 90.7 cm³/mol. The van der Waals surface area contributed by atoms with Gasteiger partial charge in [-0.2, -0.15) is 0 Å². The van der Waals surface area contributed by atoms with Crippen LogP contribution in [0.1, 0.15) is 39.2 Å². The highest BCUT2D eigenvalue weighted by Crippen LogP contribution is 2.31. The summed E-state index contributed by atoms with van der Waals surface area (Å²) in [7, 11) is -1.04. The molecule has 2 N–H and O–H groups in total. The lowest BCUT2D eigenvalue weighted by atomic mass is 10.0. The van der Waals surface area contributed by atoms with Crippen molar-refractivity contribution in [2.24, 2.45) is 5.92 Å². The van der Waals surface area contributed by atoms with Gasteiger partial charge < -0.3 is 10.2 Å². The van der Waals surface area contributed by atoms with E-state index in [9.17, 15) is 9.69 Å². The number of carbonyl (C=O) groups is 1. The Kier molecular flexibility index (Phi) is 8.56. The molecule has 0 fully saturated rings. The molecule has 0 saturated carbocycles. The number of aryl methyl sites for hydroxylation is 1. The van der Waals surface area contributed by atoms with Crippen molar-refractivity contribution in [2.75, 3.05) is 12.3 Å². The molecule has 4 heteroatoms. The lowest BCUT2D eigenvalue weighted by Crippen LogP contribution is -2.37. The Labute approximate surface area is 130 Å². The van der Waals surface area contributed by atoms with Gasteiger partial charge in [0.05, 0.1) is 0 Å². The Morgan fingerprint density at radius 3 is 2.52 bits per heavy atom. The van der Waals surface area contributed by atoms with Crippen LogP contribution in [0.25, 0.3) is 0 Å². The SMILES string of the molecule is CCC(C)C(C)NC(=O)CCP(O)CCc1ccccc1. The minimum Gasteiger partial charge on any atom is -0.374 e. The fourth-order valence-corrected chi connectivity index (χ4v) is 3.27. The number of amides is 1. The lowest BCUT2D eigenvalue weighted by molar-refractivity contribution is -0.121. The van der Waals surface area contributed by atoms with Crippen LogP contribution in [0.5, 0.6) is 0 Å². The third-order valence-electron chi connectivity index (χ3n) is 3.98. The van der Waals surface area contributed by atoms with Crippen molar-refractivity contribution >= 4 is 14.1 Å². The number of benzene rings is 1. The normalized spacial score (nSPS) is 15.2. The Morgan fingerprint density at radius 1 is 1.24 bits per heavy atom.